The van der Waals surface area contributed by atoms with Gasteiger partial charge < -0.3 is 4.57 Å². The Hall–Kier alpha value is -6.99. The Balaban J connectivity index is 1.02. The second kappa shape index (κ2) is 12.8. The van der Waals surface area contributed by atoms with Crippen molar-refractivity contribution in [2.24, 2.45) is 0 Å². The molecular formula is C51H30N4S2. The van der Waals surface area contributed by atoms with Crippen LogP contribution in [0, 0.1) is 0 Å². The fourth-order valence-electron chi connectivity index (χ4n) is 8.48. The highest BCUT2D eigenvalue weighted by Gasteiger charge is 2.20. The van der Waals surface area contributed by atoms with E-state index in [4.69, 9.17) is 15.0 Å². The van der Waals surface area contributed by atoms with E-state index in [1.165, 1.54) is 79.0 Å². The molecule has 0 bridgehead atoms. The number of para-hydroxylation sites is 2. The lowest BCUT2D eigenvalue weighted by atomic mass is 9.97. The molecule has 0 spiro atoms. The molecular weight excluding hydrogens is 733 g/mol. The van der Waals surface area contributed by atoms with Gasteiger partial charge in [-0.1, -0.05) is 133 Å². The van der Waals surface area contributed by atoms with Crippen LogP contribution in [0.5, 0.6) is 0 Å². The summed E-state index contributed by atoms with van der Waals surface area (Å²) in [4.78, 5) is 14.9. The summed E-state index contributed by atoms with van der Waals surface area (Å²) in [5, 5.41) is 7.62. The summed E-state index contributed by atoms with van der Waals surface area (Å²) >= 11 is 3.69. The van der Waals surface area contributed by atoms with Crippen molar-refractivity contribution in [3.05, 3.63) is 182 Å². The van der Waals surface area contributed by atoms with E-state index in [1.54, 1.807) is 0 Å². The predicted molar refractivity (Wildman–Crippen MR) is 242 cm³/mol. The zero-order valence-corrected chi connectivity index (χ0v) is 32.1. The average Bonchev–Trinajstić information content (AvgIpc) is 3.96. The van der Waals surface area contributed by atoms with E-state index in [9.17, 15) is 0 Å². The molecule has 8 aromatic carbocycles. The molecule has 0 unspecified atom stereocenters. The van der Waals surface area contributed by atoms with Crippen LogP contribution in [0.15, 0.2) is 182 Å². The number of benzene rings is 8. The molecule has 266 valence electrons. The van der Waals surface area contributed by atoms with Gasteiger partial charge in [0.05, 0.1) is 16.7 Å². The highest BCUT2D eigenvalue weighted by atomic mass is 32.1. The summed E-state index contributed by atoms with van der Waals surface area (Å²) in [5.74, 6) is 1.99. The third kappa shape index (κ3) is 5.15. The van der Waals surface area contributed by atoms with Gasteiger partial charge in [-0.25, -0.2) is 15.0 Å². The number of thiophene rings is 2. The largest absolute Gasteiger partial charge is 0.309 e. The Kier molecular flexibility index (Phi) is 7.24. The zero-order chi connectivity index (χ0) is 37.5. The molecule has 0 aliphatic heterocycles. The molecule has 6 heteroatoms. The third-order valence-corrected chi connectivity index (χ3v) is 13.3. The lowest BCUT2D eigenvalue weighted by molar-refractivity contribution is 1.07. The first-order valence-corrected chi connectivity index (χ1v) is 20.7. The Morgan fingerprint density at radius 1 is 0.333 bits per heavy atom. The Morgan fingerprint density at radius 2 is 0.895 bits per heavy atom. The van der Waals surface area contributed by atoms with E-state index in [0.717, 1.165) is 16.7 Å². The van der Waals surface area contributed by atoms with Crippen molar-refractivity contribution in [3.8, 4) is 51.0 Å². The minimum Gasteiger partial charge on any atom is -0.309 e. The van der Waals surface area contributed by atoms with Crippen molar-refractivity contribution < 1.29 is 0 Å². The lowest BCUT2D eigenvalue weighted by Crippen LogP contribution is -1.99. The zero-order valence-electron chi connectivity index (χ0n) is 30.4. The van der Waals surface area contributed by atoms with Gasteiger partial charge in [0.25, 0.3) is 0 Å². The van der Waals surface area contributed by atoms with Gasteiger partial charge in [0, 0.05) is 67.8 Å². The highest BCUT2D eigenvalue weighted by molar-refractivity contribution is 7.26. The first-order valence-electron chi connectivity index (χ1n) is 19.0. The fourth-order valence-corrected chi connectivity index (χ4v) is 10.8. The molecule has 57 heavy (non-hydrogen) atoms. The standard InChI is InChI=1S/C51H30N4S2/c1-3-13-31(14-4-1)49-52-50(32-15-5-2-6-16-32)54-51(53-49)34-25-27-38-39-29-33(26-28-43(39)56-46(38)30-34)35-19-11-23-44-47(35)48-42(22-12-24-45(48)57-44)55-40-20-9-7-17-36(40)37-18-8-10-21-41(37)55/h1-30H. The predicted octanol–water partition coefficient (Wildman–Crippen LogP) is 14.4. The molecule has 0 aliphatic carbocycles. The molecule has 0 saturated heterocycles. The smallest absolute Gasteiger partial charge is 0.164 e. The highest BCUT2D eigenvalue weighted by Crippen LogP contribution is 2.46. The van der Waals surface area contributed by atoms with Gasteiger partial charge in [0.1, 0.15) is 0 Å². The summed E-state index contributed by atoms with van der Waals surface area (Å²) < 4.78 is 7.50. The molecule has 4 heterocycles. The molecule has 0 saturated carbocycles. The number of rotatable bonds is 5. The molecule has 12 rings (SSSR count). The van der Waals surface area contributed by atoms with Crippen molar-refractivity contribution in [1.29, 1.82) is 0 Å². The van der Waals surface area contributed by atoms with E-state index in [2.05, 4.69) is 126 Å². The SMILES string of the molecule is c1ccc(-c2nc(-c3ccccc3)nc(-c3ccc4c(c3)sc3ccc(-c5cccc6sc7cccc(-n8c9ccccc9c9ccccc98)c7c56)cc34)n2)cc1. The third-order valence-electron chi connectivity index (χ3n) is 11.1. The van der Waals surface area contributed by atoms with Crippen LogP contribution in [0.1, 0.15) is 0 Å². The lowest BCUT2D eigenvalue weighted by Gasteiger charge is -2.12. The molecule has 0 radical (unpaired) electrons. The van der Waals surface area contributed by atoms with Crippen LogP contribution in [0.3, 0.4) is 0 Å². The van der Waals surface area contributed by atoms with Gasteiger partial charge in [0.15, 0.2) is 17.5 Å². The van der Waals surface area contributed by atoms with Crippen LogP contribution >= 0.6 is 22.7 Å². The van der Waals surface area contributed by atoms with Crippen LogP contribution in [0.25, 0.3) is 113 Å². The van der Waals surface area contributed by atoms with Crippen molar-refractivity contribution in [2.45, 2.75) is 0 Å². The summed E-state index contributed by atoms with van der Waals surface area (Å²) in [6.07, 6.45) is 0. The molecule has 0 N–H and O–H groups in total. The van der Waals surface area contributed by atoms with E-state index in [1.807, 2.05) is 83.3 Å². The minimum absolute atomic E-state index is 0.664. The van der Waals surface area contributed by atoms with Crippen LogP contribution in [-0.4, -0.2) is 19.5 Å². The monoisotopic (exact) mass is 762 g/mol. The Labute approximate surface area is 335 Å². The molecule has 0 aliphatic rings. The number of hydrogen-bond acceptors (Lipinski definition) is 5. The molecule has 0 amide bonds. The van der Waals surface area contributed by atoms with Gasteiger partial charge >= 0.3 is 0 Å². The first-order chi connectivity index (χ1) is 28.2. The van der Waals surface area contributed by atoms with Crippen LogP contribution in [0.4, 0.5) is 0 Å². The minimum atomic E-state index is 0.664. The summed E-state index contributed by atoms with van der Waals surface area (Å²) in [7, 11) is 0. The van der Waals surface area contributed by atoms with Gasteiger partial charge in [-0.05, 0) is 59.7 Å². The Bertz CT molecular complexity index is 3410. The van der Waals surface area contributed by atoms with Crippen molar-refractivity contribution in [1.82, 2.24) is 19.5 Å². The van der Waals surface area contributed by atoms with Gasteiger partial charge in [-0.15, -0.1) is 22.7 Å². The molecule has 0 atom stereocenters. The topological polar surface area (TPSA) is 43.6 Å². The van der Waals surface area contributed by atoms with Crippen LogP contribution < -0.4 is 0 Å². The van der Waals surface area contributed by atoms with Gasteiger partial charge in [-0.3, -0.25) is 0 Å². The molecule has 0 fully saturated rings. The van der Waals surface area contributed by atoms with E-state index in [0.29, 0.717) is 17.5 Å². The van der Waals surface area contributed by atoms with Crippen LogP contribution in [-0.2, 0) is 0 Å². The summed E-state index contributed by atoms with van der Waals surface area (Å²) in [5.41, 5.74) is 9.01. The number of aromatic nitrogens is 4. The molecule has 4 nitrogen and oxygen atoms in total. The second-order valence-corrected chi connectivity index (χ2v) is 16.5. The van der Waals surface area contributed by atoms with Crippen molar-refractivity contribution >= 4 is 84.8 Å². The fraction of sp³-hybridized carbons (Fsp3) is 0. The quantitative estimate of drug-likeness (QED) is 0.175. The van der Waals surface area contributed by atoms with E-state index in [-0.39, 0.29) is 0 Å². The summed E-state index contributed by atoms with van der Waals surface area (Å²) in [6.45, 7) is 0. The maximum Gasteiger partial charge on any atom is 0.164 e. The molecule has 12 aromatic rings. The molecule has 4 aromatic heterocycles. The maximum atomic E-state index is 5.00. The Morgan fingerprint density at radius 3 is 1.58 bits per heavy atom. The second-order valence-electron chi connectivity index (χ2n) is 14.4. The number of hydrogen-bond donors (Lipinski definition) is 0. The maximum absolute atomic E-state index is 5.00. The van der Waals surface area contributed by atoms with Gasteiger partial charge in [-0.2, -0.15) is 0 Å². The van der Waals surface area contributed by atoms with Crippen LogP contribution in [0.2, 0.25) is 0 Å². The first kappa shape index (κ1) is 32.3. The normalized spacial score (nSPS) is 11.9. The number of fused-ring (bicyclic) bond motifs is 9. The van der Waals surface area contributed by atoms with E-state index >= 15 is 0 Å². The van der Waals surface area contributed by atoms with Gasteiger partial charge in [0.2, 0.25) is 0 Å². The average molecular weight is 763 g/mol. The summed E-state index contributed by atoms with van der Waals surface area (Å²) in [6, 6.07) is 65.0. The van der Waals surface area contributed by atoms with Crippen molar-refractivity contribution in [3.63, 3.8) is 0 Å². The van der Waals surface area contributed by atoms with E-state index < -0.39 is 0 Å². The number of nitrogens with zero attached hydrogens (tertiary/aromatic N) is 4. The van der Waals surface area contributed by atoms with Crippen molar-refractivity contribution in [2.75, 3.05) is 0 Å².